The third-order valence-electron chi connectivity index (χ3n) is 4.37. The van der Waals surface area contributed by atoms with Crippen LogP contribution in [0.2, 0.25) is 0 Å². The molecule has 0 heterocycles. The van der Waals surface area contributed by atoms with Gasteiger partial charge in [0.15, 0.2) is 0 Å². The van der Waals surface area contributed by atoms with Crippen LogP contribution in [0.25, 0.3) is 0 Å². The minimum absolute atomic E-state index is 0.0856. The molecule has 2 aromatic carbocycles. The van der Waals surface area contributed by atoms with Crippen LogP contribution in [0.1, 0.15) is 25.0 Å². The third-order valence-corrected chi connectivity index (χ3v) is 4.37. The third kappa shape index (κ3) is 7.29. The van der Waals surface area contributed by atoms with E-state index in [0.29, 0.717) is 0 Å². The van der Waals surface area contributed by atoms with Gasteiger partial charge in [0.25, 0.3) is 0 Å². The van der Waals surface area contributed by atoms with Gasteiger partial charge in [0.05, 0.1) is 0 Å². The molecule has 0 saturated heterocycles. The van der Waals surface area contributed by atoms with E-state index in [1.807, 2.05) is 60.7 Å². The average molecular weight is 397 g/mol. The lowest BCUT2D eigenvalue weighted by Crippen LogP contribution is -2.55. The minimum Gasteiger partial charge on any atom is -0.445 e. The Bertz CT molecular complexity index is 809. The number of ether oxygens (including phenoxy) is 1. The van der Waals surface area contributed by atoms with Crippen molar-refractivity contribution < 1.29 is 19.1 Å². The molecule has 0 fully saturated rings. The first-order valence-electron chi connectivity index (χ1n) is 9.47. The highest BCUT2D eigenvalue weighted by molar-refractivity contribution is 5.91. The summed E-state index contributed by atoms with van der Waals surface area (Å²) >= 11 is 0. The van der Waals surface area contributed by atoms with E-state index in [2.05, 4.69) is 10.6 Å². The van der Waals surface area contributed by atoms with Gasteiger partial charge in [-0.05, 0) is 17.0 Å². The number of nitrogens with one attached hydrogen (secondary N) is 2. The first-order chi connectivity index (χ1) is 13.9. The van der Waals surface area contributed by atoms with Crippen molar-refractivity contribution in [2.75, 3.05) is 0 Å². The first kappa shape index (κ1) is 21.9. The van der Waals surface area contributed by atoms with Gasteiger partial charge >= 0.3 is 6.09 Å². The molecule has 0 bridgehead atoms. The molecular formula is C22H27N3O4. The summed E-state index contributed by atoms with van der Waals surface area (Å²) in [6, 6.07) is 16.7. The standard InChI is InChI=1S/C22H27N3O4/c1-15(2)19(20(23)26)25-21(27)18(13-16-9-5-3-6-10-16)24-22(28)29-14-17-11-7-4-8-12-17/h3-12,15,18-19H,13-14H2,1-2H3,(H2,23,26)(H,24,28)(H,25,27)/t18-,19-/m0/s1. The average Bonchev–Trinajstić information content (AvgIpc) is 2.71. The van der Waals surface area contributed by atoms with Gasteiger partial charge in [-0.3, -0.25) is 9.59 Å². The molecule has 4 N–H and O–H groups in total. The fourth-order valence-corrected chi connectivity index (χ4v) is 2.79. The van der Waals surface area contributed by atoms with Crippen molar-refractivity contribution in [3.63, 3.8) is 0 Å². The maximum Gasteiger partial charge on any atom is 0.408 e. The molecule has 2 rings (SSSR count). The summed E-state index contributed by atoms with van der Waals surface area (Å²) in [7, 11) is 0. The SMILES string of the molecule is CC(C)[C@H](NC(=O)[C@H](Cc1ccccc1)NC(=O)OCc1ccccc1)C(N)=O. The van der Waals surface area contributed by atoms with Gasteiger partial charge < -0.3 is 21.1 Å². The van der Waals surface area contributed by atoms with Gasteiger partial charge in [0.1, 0.15) is 18.7 Å². The van der Waals surface area contributed by atoms with Gasteiger partial charge in [-0.2, -0.15) is 0 Å². The van der Waals surface area contributed by atoms with Crippen LogP contribution in [-0.4, -0.2) is 30.0 Å². The molecule has 0 unspecified atom stereocenters. The number of rotatable bonds is 9. The van der Waals surface area contributed by atoms with E-state index in [1.165, 1.54) is 0 Å². The van der Waals surface area contributed by atoms with Gasteiger partial charge in [-0.15, -0.1) is 0 Å². The smallest absolute Gasteiger partial charge is 0.408 e. The topological polar surface area (TPSA) is 111 Å². The fraction of sp³-hybridized carbons (Fsp3) is 0.318. The lowest BCUT2D eigenvalue weighted by molar-refractivity contribution is -0.129. The highest BCUT2D eigenvalue weighted by Crippen LogP contribution is 2.07. The van der Waals surface area contributed by atoms with Crippen LogP contribution in [-0.2, 0) is 27.4 Å². The molecule has 0 aromatic heterocycles. The second kappa shape index (κ2) is 10.8. The zero-order chi connectivity index (χ0) is 21.2. The van der Waals surface area contributed by atoms with Crippen LogP contribution >= 0.6 is 0 Å². The van der Waals surface area contributed by atoms with Gasteiger partial charge in [0, 0.05) is 6.42 Å². The number of carbonyl (C=O) groups excluding carboxylic acids is 3. The van der Waals surface area contributed by atoms with E-state index < -0.39 is 30.0 Å². The highest BCUT2D eigenvalue weighted by atomic mass is 16.5. The zero-order valence-electron chi connectivity index (χ0n) is 16.6. The fourth-order valence-electron chi connectivity index (χ4n) is 2.79. The van der Waals surface area contributed by atoms with Crippen LogP contribution in [0, 0.1) is 5.92 Å². The Balaban J connectivity index is 2.06. The molecule has 2 atom stereocenters. The van der Waals surface area contributed by atoms with Gasteiger partial charge in [0.2, 0.25) is 11.8 Å². The summed E-state index contributed by atoms with van der Waals surface area (Å²) in [5.41, 5.74) is 7.08. The zero-order valence-corrected chi connectivity index (χ0v) is 16.6. The summed E-state index contributed by atoms with van der Waals surface area (Å²) in [5.74, 6) is -1.31. The molecule has 154 valence electrons. The largest absolute Gasteiger partial charge is 0.445 e. The van der Waals surface area contributed by atoms with Crippen LogP contribution in [0.4, 0.5) is 4.79 Å². The second-order valence-corrected chi connectivity index (χ2v) is 7.08. The van der Waals surface area contributed by atoms with Gasteiger partial charge in [-0.25, -0.2) is 4.79 Å². The minimum atomic E-state index is -0.915. The van der Waals surface area contributed by atoms with E-state index in [4.69, 9.17) is 10.5 Å². The van der Waals surface area contributed by atoms with E-state index >= 15 is 0 Å². The Kier molecular flexibility index (Phi) is 8.21. The Morgan fingerprint density at radius 1 is 0.897 bits per heavy atom. The summed E-state index contributed by atoms with van der Waals surface area (Å²) in [4.78, 5) is 36.7. The maximum atomic E-state index is 12.8. The Morgan fingerprint density at radius 2 is 1.45 bits per heavy atom. The lowest BCUT2D eigenvalue weighted by atomic mass is 10.0. The maximum absolute atomic E-state index is 12.8. The Morgan fingerprint density at radius 3 is 1.97 bits per heavy atom. The van der Waals surface area contributed by atoms with E-state index in [9.17, 15) is 14.4 Å². The summed E-state index contributed by atoms with van der Waals surface area (Å²) in [5, 5.41) is 5.23. The molecule has 0 aliphatic heterocycles. The van der Waals surface area contributed by atoms with Crippen LogP contribution < -0.4 is 16.4 Å². The molecule has 2 aromatic rings. The quantitative estimate of drug-likeness (QED) is 0.602. The lowest BCUT2D eigenvalue weighted by Gasteiger charge is -2.23. The molecule has 0 aliphatic rings. The summed E-state index contributed by atoms with van der Waals surface area (Å²) < 4.78 is 5.22. The van der Waals surface area contributed by atoms with Crippen molar-refractivity contribution in [3.8, 4) is 0 Å². The van der Waals surface area contributed by atoms with Crippen LogP contribution in [0.3, 0.4) is 0 Å². The van der Waals surface area contributed by atoms with Crippen LogP contribution in [0.15, 0.2) is 60.7 Å². The van der Waals surface area contributed by atoms with Crippen molar-refractivity contribution in [2.45, 2.75) is 39.0 Å². The molecule has 0 aliphatic carbocycles. The molecule has 7 nitrogen and oxygen atoms in total. The predicted molar refractivity (Wildman–Crippen MR) is 110 cm³/mol. The molecule has 0 spiro atoms. The number of hydrogen-bond acceptors (Lipinski definition) is 4. The number of benzene rings is 2. The number of primary amides is 1. The molecule has 0 saturated carbocycles. The number of alkyl carbamates (subject to hydrolysis) is 1. The number of amides is 3. The highest BCUT2D eigenvalue weighted by Gasteiger charge is 2.28. The van der Waals surface area contributed by atoms with Crippen molar-refractivity contribution in [2.24, 2.45) is 11.7 Å². The van der Waals surface area contributed by atoms with E-state index in [-0.39, 0.29) is 18.9 Å². The molecular weight excluding hydrogens is 370 g/mol. The number of nitrogens with two attached hydrogens (primary N) is 1. The molecule has 3 amide bonds. The van der Waals surface area contributed by atoms with Crippen molar-refractivity contribution in [3.05, 3.63) is 71.8 Å². The monoisotopic (exact) mass is 397 g/mol. The summed E-state index contributed by atoms with van der Waals surface area (Å²) in [6.45, 7) is 3.65. The Hall–Kier alpha value is -3.35. The molecule has 0 radical (unpaired) electrons. The summed E-state index contributed by atoms with van der Waals surface area (Å²) in [6.07, 6.45) is -0.471. The predicted octanol–water partition coefficient (Wildman–Crippen LogP) is 2.15. The van der Waals surface area contributed by atoms with Crippen molar-refractivity contribution in [1.82, 2.24) is 10.6 Å². The van der Waals surface area contributed by atoms with Crippen molar-refractivity contribution >= 4 is 17.9 Å². The number of carbonyl (C=O) groups is 3. The molecule has 7 heteroatoms. The van der Waals surface area contributed by atoms with Crippen molar-refractivity contribution in [1.29, 1.82) is 0 Å². The van der Waals surface area contributed by atoms with E-state index in [0.717, 1.165) is 11.1 Å². The molecule has 29 heavy (non-hydrogen) atoms. The normalized spacial score (nSPS) is 12.7. The Labute approximate surface area is 170 Å². The van der Waals surface area contributed by atoms with Gasteiger partial charge in [-0.1, -0.05) is 74.5 Å². The first-order valence-corrected chi connectivity index (χ1v) is 9.47. The number of hydrogen-bond donors (Lipinski definition) is 3. The van der Waals surface area contributed by atoms with Crippen LogP contribution in [0.5, 0.6) is 0 Å². The second-order valence-electron chi connectivity index (χ2n) is 7.08. The van der Waals surface area contributed by atoms with E-state index in [1.54, 1.807) is 13.8 Å².